The monoisotopic (exact) mass is 366 g/mol. The summed E-state index contributed by atoms with van der Waals surface area (Å²) in [6, 6.07) is 11.0. The van der Waals surface area contributed by atoms with Gasteiger partial charge in [-0.25, -0.2) is 0 Å². The molecule has 3 nitrogen and oxygen atoms in total. The van der Waals surface area contributed by atoms with Crippen molar-refractivity contribution in [3.05, 3.63) is 57.0 Å². The molecule has 1 amide bonds. The molecule has 0 saturated carbocycles. The first-order valence-electron chi connectivity index (χ1n) is 6.43. The Morgan fingerprint density at radius 2 is 1.90 bits per heavy atom. The number of hydrogen-bond donors (Lipinski definition) is 1. The van der Waals surface area contributed by atoms with E-state index in [-0.39, 0.29) is 5.91 Å². The fourth-order valence-electron chi connectivity index (χ4n) is 1.90. The number of anilines is 2. The van der Waals surface area contributed by atoms with E-state index in [1.54, 1.807) is 18.2 Å². The van der Waals surface area contributed by atoms with Crippen molar-refractivity contribution in [1.82, 2.24) is 0 Å². The average Bonchev–Trinajstić information content (AvgIpc) is 2.43. The van der Waals surface area contributed by atoms with E-state index in [0.717, 1.165) is 16.9 Å². The summed E-state index contributed by atoms with van der Waals surface area (Å²) in [6.45, 7) is 1.97. The molecule has 0 aliphatic rings. The maximum absolute atomic E-state index is 12.3. The van der Waals surface area contributed by atoms with Crippen LogP contribution in [0, 0.1) is 6.92 Å². The van der Waals surface area contributed by atoms with Crippen LogP contribution in [-0.4, -0.2) is 20.0 Å². The Hall–Kier alpha value is -1.52. The van der Waals surface area contributed by atoms with Crippen LogP contribution in [0.4, 0.5) is 11.4 Å². The van der Waals surface area contributed by atoms with Crippen LogP contribution in [0.2, 0.25) is 5.02 Å². The zero-order chi connectivity index (χ0) is 15.6. The molecule has 5 heteroatoms. The highest BCUT2D eigenvalue weighted by Crippen LogP contribution is 2.25. The lowest BCUT2D eigenvalue weighted by Crippen LogP contribution is -2.14. The van der Waals surface area contributed by atoms with Crippen molar-refractivity contribution in [2.45, 2.75) is 6.92 Å². The van der Waals surface area contributed by atoms with Gasteiger partial charge in [-0.3, -0.25) is 4.79 Å². The second-order valence-corrected chi connectivity index (χ2v) is 6.24. The molecule has 0 atom stereocenters. The van der Waals surface area contributed by atoms with Crippen molar-refractivity contribution in [3.8, 4) is 0 Å². The molecule has 0 spiro atoms. The molecule has 2 aromatic carbocycles. The lowest BCUT2D eigenvalue weighted by Gasteiger charge is -2.15. The average molecular weight is 368 g/mol. The van der Waals surface area contributed by atoms with Crippen molar-refractivity contribution < 1.29 is 4.79 Å². The van der Waals surface area contributed by atoms with Gasteiger partial charge in [0.15, 0.2) is 0 Å². The predicted molar refractivity (Wildman–Crippen MR) is 92.6 cm³/mol. The Bertz CT molecular complexity index is 686. The molecule has 0 unspecified atom stereocenters. The van der Waals surface area contributed by atoms with Gasteiger partial charge >= 0.3 is 0 Å². The number of amides is 1. The fraction of sp³-hybridized carbons (Fsp3) is 0.188. The van der Waals surface area contributed by atoms with Gasteiger partial charge in [0.05, 0.1) is 5.02 Å². The van der Waals surface area contributed by atoms with Gasteiger partial charge in [0.25, 0.3) is 5.91 Å². The largest absolute Gasteiger partial charge is 0.378 e. The van der Waals surface area contributed by atoms with Crippen molar-refractivity contribution >= 4 is 44.8 Å². The quantitative estimate of drug-likeness (QED) is 0.850. The van der Waals surface area contributed by atoms with E-state index in [2.05, 4.69) is 21.2 Å². The molecule has 2 rings (SSSR count). The smallest absolute Gasteiger partial charge is 0.255 e. The van der Waals surface area contributed by atoms with Crippen LogP contribution in [-0.2, 0) is 0 Å². The van der Waals surface area contributed by atoms with Gasteiger partial charge in [0.1, 0.15) is 0 Å². The minimum atomic E-state index is -0.159. The van der Waals surface area contributed by atoms with E-state index in [4.69, 9.17) is 11.6 Å². The zero-order valence-electron chi connectivity index (χ0n) is 12.1. The highest BCUT2D eigenvalue weighted by atomic mass is 79.9. The van der Waals surface area contributed by atoms with E-state index in [1.165, 1.54) is 0 Å². The van der Waals surface area contributed by atoms with Gasteiger partial charge < -0.3 is 10.2 Å². The molecule has 0 saturated heterocycles. The number of nitrogens with zero attached hydrogens (tertiary/aromatic N) is 1. The second-order valence-electron chi connectivity index (χ2n) is 4.98. The Balaban J connectivity index is 2.21. The molecule has 21 heavy (non-hydrogen) atoms. The molecule has 0 radical (unpaired) electrons. The molecular weight excluding hydrogens is 352 g/mol. The maximum atomic E-state index is 12.3. The predicted octanol–water partition coefficient (Wildman–Crippen LogP) is 4.73. The summed E-state index contributed by atoms with van der Waals surface area (Å²) >= 11 is 9.26. The number of carbonyl (C=O) groups is 1. The van der Waals surface area contributed by atoms with E-state index in [0.29, 0.717) is 15.1 Å². The Kier molecular flexibility index (Phi) is 4.91. The first-order chi connectivity index (χ1) is 9.88. The summed E-state index contributed by atoms with van der Waals surface area (Å²) in [6.07, 6.45) is 0. The number of aryl methyl sites for hydroxylation is 1. The SMILES string of the molecule is Cc1cc(N(C)C)ccc1NC(=O)c1ccc(Cl)c(Br)c1. The van der Waals surface area contributed by atoms with Gasteiger partial charge in [-0.15, -0.1) is 0 Å². The molecule has 110 valence electrons. The second kappa shape index (κ2) is 6.50. The van der Waals surface area contributed by atoms with E-state index >= 15 is 0 Å². The minimum absolute atomic E-state index is 0.159. The summed E-state index contributed by atoms with van der Waals surface area (Å²) in [4.78, 5) is 14.3. The van der Waals surface area contributed by atoms with Gasteiger partial charge in [0.2, 0.25) is 0 Å². The highest BCUT2D eigenvalue weighted by Gasteiger charge is 2.10. The third kappa shape index (κ3) is 3.77. The topological polar surface area (TPSA) is 32.3 Å². The molecular formula is C16H16BrClN2O. The summed E-state index contributed by atoms with van der Waals surface area (Å²) in [5, 5.41) is 3.50. The van der Waals surface area contributed by atoms with Gasteiger partial charge in [-0.2, -0.15) is 0 Å². The highest BCUT2D eigenvalue weighted by molar-refractivity contribution is 9.10. The molecule has 2 aromatic rings. The first kappa shape index (κ1) is 15.9. The van der Waals surface area contributed by atoms with Crippen molar-refractivity contribution in [2.75, 3.05) is 24.3 Å². The zero-order valence-corrected chi connectivity index (χ0v) is 14.4. The summed E-state index contributed by atoms with van der Waals surface area (Å²) in [7, 11) is 3.97. The van der Waals surface area contributed by atoms with Crippen LogP contribution < -0.4 is 10.2 Å². The molecule has 0 aliphatic carbocycles. The fourth-order valence-corrected chi connectivity index (χ4v) is 2.39. The number of hydrogen-bond acceptors (Lipinski definition) is 2. The van der Waals surface area contributed by atoms with Crippen molar-refractivity contribution in [3.63, 3.8) is 0 Å². The summed E-state index contributed by atoms with van der Waals surface area (Å²) < 4.78 is 0.705. The Labute approximate surface area is 138 Å². The minimum Gasteiger partial charge on any atom is -0.378 e. The lowest BCUT2D eigenvalue weighted by atomic mass is 10.1. The van der Waals surface area contributed by atoms with Crippen LogP contribution in [0.1, 0.15) is 15.9 Å². The number of benzene rings is 2. The third-order valence-corrected chi connectivity index (χ3v) is 4.37. The van der Waals surface area contributed by atoms with Gasteiger partial charge in [-0.1, -0.05) is 11.6 Å². The number of rotatable bonds is 3. The lowest BCUT2D eigenvalue weighted by molar-refractivity contribution is 0.102. The standard InChI is InChI=1S/C16H16BrClN2O/c1-10-8-12(20(2)3)5-7-15(10)19-16(21)11-4-6-14(18)13(17)9-11/h4-9H,1-3H3,(H,19,21). The molecule has 0 fully saturated rings. The van der Waals surface area contributed by atoms with Crippen LogP contribution in [0.3, 0.4) is 0 Å². The molecule has 0 bridgehead atoms. The van der Waals surface area contributed by atoms with E-state index in [1.807, 2.05) is 44.1 Å². The van der Waals surface area contributed by atoms with Crippen molar-refractivity contribution in [2.24, 2.45) is 0 Å². The summed E-state index contributed by atoms with van der Waals surface area (Å²) in [5.41, 5.74) is 3.47. The number of halogens is 2. The molecule has 0 aromatic heterocycles. The summed E-state index contributed by atoms with van der Waals surface area (Å²) in [5.74, 6) is -0.159. The normalized spacial score (nSPS) is 10.3. The van der Waals surface area contributed by atoms with Gasteiger partial charge in [-0.05, 0) is 64.8 Å². The van der Waals surface area contributed by atoms with Gasteiger partial charge in [0, 0.05) is 35.5 Å². The number of nitrogens with one attached hydrogen (secondary N) is 1. The Morgan fingerprint density at radius 3 is 2.48 bits per heavy atom. The van der Waals surface area contributed by atoms with Crippen LogP contribution in [0.5, 0.6) is 0 Å². The molecule has 1 N–H and O–H groups in total. The number of carbonyl (C=O) groups excluding carboxylic acids is 1. The first-order valence-corrected chi connectivity index (χ1v) is 7.60. The van der Waals surface area contributed by atoms with Crippen LogP contribution in [0.25, 0.3) is 0 Å². The van der Waals surface area contributed by atoms with E-state index < -0.39 is 0 Å². The third-order valence-electron chi connectivity index (χ3n) is 3.16. The maximum Gasteiger partial charge on any atom is 0.255 e. The van der Waals surface area contributed by atoms with Crippen molar-refractivity contribution in [1.29, 1.82) is 0 Å². The van der Waals surface area contributed by atoms with E-state index in [9.17, 15) is 4.79 Å². The van der Waals surface area contributed by atoms with Crippen LogP contribution in [0.15, 0.2) is 40.9 Å². The molecule has 0 heterocycles. The Morgan fingerprint density at radius 1 is 1.19 bits per heavy atom. The molecule has 0 aliphatic heterocycles. The van der Waals surface area contributed by atoms with Crippen LogP contribution >= 0.6 is 27.5 Å².